The molecule has 8 nitrogen and oxygen atoms in total. The fourth-order valence-corrected chi connectivity index (χ4v) is 2.36. The van der Waals surface area contributed by atoms with E-state index in [1.54, 1.807) is 30.4 Å². The number of hydrogen-bond acceptors (Lipinski definition) is 8. The SMILES string of the molecule is COc1cc(/C=[13CH]/CO)ccc1O[C@@H]1O[C@H](CO)[C@@H](O)[C@H](O)[C@H]1O. The monoisotopic (exact) mass is 343 g/mol. The molecule has 1 saturated heterocycles. The molecule has 1 aliphatic heterocycles. The van der Waals surface area contributed by atoms with Crippen LogP contribution in [0.5, 0.6) is 11.5 Å². The molecule has 0 spiro atoms. The summed E-state index contributed by atoms with van der Waals surface area (Å²) in [6.45, 7) is -0.627. The van der Waals surface area contributed by atoms with Crippen LogP contribution >= 0.6 is 0 Å². The van der Waals surface area contributed by atoms with Gasteiger partial charge in [0.15, 0.2) is 11.5 Å². The van der Waals surface area contributed by atoms with Crippen molar-refractivity contribution in [3.05, 3.63) is 29.8 Å². The summed E-state index contributed by atoms with van der Waals surface area (Å²) in [6.07, 6.45) is -3.54. The van der Waals surface area contributed by atoms with Gasteiger partial charge in [0.25, 0.3) is 0 Å². The Bertz CT molecular complexity index is 559. The first-order valence-electron chi connectivity index (χ1n) is 7.44. The van der Waals surface area contributed by atoms with Gasteiger partial charge in [0.05, 0.1) is 20.3 Å². The van der Waals surface area contributed by atoms with Crippen LogP contribution in [0.25, 0.3) is 6.08 Å². The summed E-state index contributed by atoms with van der Waals surface area (Å²) in [5.74, 6) is 0.607. The Hall–Kier alpha value is -1.68. The second kappa shape index (κ2) is 8.43. The largest absolute Gasteiger partial charge is 0.493 e. The highest BCUT2D eigenvalue weighted by Crippen LogP contribution is 2.32. The Kier molecular flexibility index (Phi) is 6.55. The number of aliphatic hydroxyl groups is 5. The van der Waals surface area contributed by atoms with Crippen LogP contribution in [-0.2, 0) is 4.74 Å². The maximum absolute atomic E-state index is 10.00. The summed E-state index contributed by atoms with van der Waals surface area (Å²) in [5, 5.41) is 47.5. The van der Waals surface area contributed by atoms with E-state index in [4.69, 9.17) is 19.3 Å². The molecule has 0 unspecified atom stereocenters. The highest BCUT2D eigenvalue weighted by Gasteiger charge is 2.44. The predicted octanol–water partition coefficient (Wildman–Crippen LogP) is -1.12. The van der Waals surface area contributed by atoms with Crippen LogP contribution < -0.4 is 9.47 Å². The molecule has 1 aromatic rings. The minimum Gasteiger partial charge on any atom is -0.493 e. The van der Waals surface area contributed by atoms with Crippen molar-refractivity contribution in [2.45, 2.75) is 30.7 Å². The van der Waals surface area contributed by atoms with Crippen molar-refractivity contribution in [1.29, 1.82) is 0 Å². The Morgan fingerprint density at radius 3 is 2.46 bits per heavy atom. The van der Waals surface area contributed by atoms with Gasteiger partial charge in [-0.25, -0.2) is 0 Å². The second-order valence-corrected chi connectivity index (χ2v) is 5.31. The fraction of sp³-hybridized carbons (Fsp3) is 0.500. The minimum atomic E-state index is -1.52. The van der Waals surface area contributed by atoms with E-state index in [1.807, 2.05) is 0 Å². The molecule has 0 saturated carbocycles. The lowest BCUT2D eigenvalue weighted by Crippen LogP contribution is -2.60. The molecule has 1 aliphatic rings. The molecule has 0 radical (unpaired) electrons. The van der Waals surface area contributed by atoms with Gasteiger partial charge >= 0.3 is 0 Å². The molecule has 1 fully saturated rings. The van der Waals surface area contributed by atoms with Crippen LogP contribution in [0.1, 0.15) is 5.56 Å². The van der Waals surface area contributed by atoms with Crippen molar-refractivity contribution in [3.8, 4) is 11.5 Å². The van der Waals surface area contributed by atoms with Crippen LogP contribution in [-0.4, -0.2) is 76.6 Å². The van der Waals surface area contributed by atoms with Crippen LogP contribution in [0.2, 0.25) is 0 Å². The third kappa shape index (κ3) is 4.04. The van der Waals surface area contributed by atoms with Gasteiger partial charge < -0.3 is 39.7 Å². The molecule has 0 amide bonds. The first kappa shape index (κ1) is 18.7. The van der Waals surface area contributed by atoms with E-state index in [2.05, 4.69) is 0 Å². The Morgan fingerprint density at radius 2 is 1.83 bits per heavy atom. The second-order valence-electron chi connectivity index (χ2n) is 5.31. The maximum Gasteiger partial charge on any atom is 0.229 e. The molecular formula is C16H22O8. The molecule has 1 heterocycles. The number of hydrogen-bond donors (Lipinski definition) is 5. The summed E-state index contributed by atoms with van der Waals surface area (Å²) in [5.41, 5.74) is 0.766. The molecule has 0 bridgehead atoms. The van der Waals surface area contributed by atoms with Gasteiger partial charge in [-0.15, -0.1) is 0 Å². The fourth-order valence-electron chi connectivity index (χ4n) is 2.36. The Morgan fingerprint density at radius 1 is 1.08 bits per heavy atom. The summed E-state index contributed by atoms with van der Waals surface area (Å²) >= 11 is 0. The molecule has 24 heavy (non-hydrogen) atoms. The van der Waals surface area contributed by atoms with E-state index < -0.39 is 37.3 Å². The van der Waals surface area contributed by atoms with E-state index in [9.17, 15) is 20.4 Å². The lowest BCUT2D eigenvalue weighted by Gasteiger charge is -2.39. The number of benzene rings is 1. The molecule has 8 heteroatoms. The van der Waals surface area contributed by atoms with Crippen molar-refractivity contribution < 1.29 is 39.7 Å². The van der Waals surface area contributed by atoms with Crippen LogP contribution in [0.3, 0.4) is 0 Å². The first-order chi connectivity index (χ1) is 11.5. The molecule has 0 aliphatic carbocycles. The van der Waals surface area contributed by atoms with E-state index in [0.717, 1.165) is 5.56 Å². The lowest BCUT2D eigenvalue weighted by atomic mass is 9.99. The zero-order valence-corrected chi connectivity index (χ0v) is 13.1. The van der Waals surface area contributed by atoms with Gasteiger partial charge in [0, 0.05) is 0 Å². The Labute approximate surface area is 139 Å². The molecule has 134 valence electrons. The van der Waals surface area contributed by atoms with Crippen molar-refractivity contribution in [2.75, 3.05) is 20.3 Å². The minimum absolute atomic E-state index is 0.0918. The summed E-state index contributed by atoms with van der Waals surface area (Å²) in [4.78, 5) is 0. The van der Waals surface area contributed by atoms with E-state index in [-0.39, 0.29) is 12.4 Å². The van der Waals surface area contributed by atoms with Crippen molar-refractivity contribution in [2.24, 2.45) is 0 Å². The number of methoxy groups -OCH3 is 1. The van der Waals surface area contributed by atoms with Crippen LogP contribution in [0.15, 0.2) is 24.3 Å². The van der Waals surface area contributed by atoms with Crippen molar-refractivity contribution >= 4 is 6.08 Å². The molecule has 0 aromatic heterocycles. The van der Waals surface area contributed by atoms with Gasteiger partial charge in [0.1, 0.15) is 24.4 Å². The lowest BCUT2D eigenvalue weighted by molar-refractivity contribution is -0.277. The Balaban J connectivity index is 2.18. The molecule has 2 rings (SSSR count). The van der Waals surface area contributed by atoms with Gasteiger partial charge in [-0.05, 0) is 17.7 Å². The molecule has 5 N–H and O–H groups in total. The van der Waals surface area contributed by atoms with E-state index in [1.165, 1.54) is 7.11 Å². The summed E-state index contributed by atoms with van der Waals surface area (Å²) in [7, 11) is 1.44. The molecule has 1 aromatic carbocycles. The molecule has 5 atom stereocenters. The summed E-state index contributed by atoms with van der Waals surface area (Å²) in [6, 6.07) is 4.94. The topological polar surface area (TPSA) is 129 Å². The highest BCUT2D eigenvalue weighted by atomic mass is 16.7. The zero-order chi connectivity index (χ0) is 17.7. The number of aliphatic hydroxyl groups excluding tert-OH is 5. The van der Waals surface area contributed by atoms with Crippen LogP contribution in [0, 0.1) is 0 Å². The van der Waals surface area contributed by atoms with Gasteiger partial charge in [-0.3, -0.25) is 0 Å². The van der Waals surface area contributed by atoms with Crippen LogP contribution in [0.4, 0.5) is 0 Å². The van der Waals surface area contributed by atoms with Gasteiger partial charge in [0.2, 0.25) is 6.29 Å². The number of ether oxygens (including phenoxy) is 3. The molecular weight excluding hydrogens is 321 g/mol. The maximum atomic E-state index is 10.00. The summed E-state index contributed by atoms with van der Waals surface area (Å²) < 4.78 is 16.1. The van der Waals surface area contributed by atoms with Gasteiger partial charge in [-0.1, -0.05) is 18.2 Å². The normalized spacial score (nSPS) is 30.5. The smallest absolute Gasteiger partial charge is 0.229 e. The van der Waals surface area contributed by atoms with E-state index >= 15 is 0 Å². The van der Waals surface area contributed by atoms with E-state index in [0.29, 0.717) is 5.75 Å². The quantitative estimate of drug-likeness (QED) is 0.411. The standard InChI is InChI=1S/C16H22O8/c1-22-11-7-9(3-2-6-17)4-5-10(11)23-16-15(21)14(20)13(19)12(8-18)24-16/h2-5,7,12-21H,6,8H2,1H3/b3-2+/t12-,13-,14+,15-,16-/m1/s1/i2+1. The predicted molar refractivity (Wildman–Crippen MR) is 83.5 cm³/mol. The third-order valence-corrected chi connectivity index (χ3v) is 3.69. The van der Waals surface area contributed by atoms with Crippen molar-refractivity contribution in [3.63, 3.8) is 0 Å². The van der Waals surface area contributed by atoms with Gasteiger partial charge in [-0.2, -0.15) is 0 Å². The first-order valence-corrected chi connectivity index (χ1v) is 7.44. The zero-order valence-electron chi connectivity index (χ0n) is 13.1. The highest BCUT2D eigenvalue weighted by molar-refractivity contribution is 5.55. The average Bonchev–Trinajstić information content (AvgIpc) is 2.61. The third-order valence-electron chi connectivity index (χ3n) is 3.69. The average molecular weight is 343 g/mol. The number of rotatable bonds is 6. The van der Waals surface area contributed by atoms with Crippen molar-refractivity contribution in [1.82, 2.24) is 0 Å².